The van der Waals surface area contributed by atoms with Crippen LogP contribution in [0.1, 0.15) is 18.4 Å². The van der Waals surface area contributed by atoms with Gasteiger partial charge in [0.25, 0.3) is 0 Å². The van der Waals surface area contributed by atoms with Gasteiger partial charge in [-0.1, -0.05) is 22.0 Å². The van der Waals surface area contributed by atoms with E-state index in [0.29, 0.717) is 13.0 Å². The molecule has 0 radical (unpaired) electrons. The third-order valence-electron chi connectivity index (χ3n) is 2.37. The lowest BCUT2D eigenvalue weighted by Crippen LogP contribution is -2.30. The summed E-state index contributed by atoms with van der Waals surface area (Å²) in [6.07, 6.45) is 0.469. The molecule has 0 aliphatic rings. The van der Waals surface area contributed by atoms with Gasteiger partial charge in [-0.2, -0.15) is 0 Å². The topological polar surface area (TPSA) is 78.4 Å². The Morgan fingerprint density at radius 3 is 2.78 bits per heavy atom. The second-order valence-corrected chi connectivity index (χ2v) is 4.64. The molecular formula is C12H15BrN2O3. The first kappa shape index (κ1) is 14.5. The summed E-state index contributed by atoms with van der Waals surface area (Å²) in [6.45, 7) is 2.23. The third kappa shape index (κ3) is 4.75. The van der Waals surface area contributed by atoms with E-state index >= 15 is 0 Å². The van der Waals surface area contributed by atoms with E-state index in [1.165, 1.54) is 0 Å². The lowest BCUT2D eigenvalue weighted by Gasteiger charge is -2.10. The summed E-state index contributed by atoms with van der Waals surface area (Å²) >= 11 is 3.38. The number of amides is 2. The van der Waals surface area contributed by atoms with Crippen molar-refractivity contribution in [2.75, 3.05) is 11.9 Å². The van der Waals surface area contributed by atoms with Crippen molar-refractivity contribution >= 4 is 33.6 Å². The molecule has 0 saturated carbocycles. The molecule has 0 atom stereocenters. The molecule has 1 aromatic rings. The van der Waals surface area contributed by atoms with E-state index < -0.39 is 5.97 Å². The van der Waals surface area contributed by atoms with E-state index in [0.717, 1.165) is 15.7 Å². The second-order valence-electron chi connectivity index (χ2n) is 3.79. The molecule has 6 heteroatoms. The summed E-state index contributed by atoms with van der Waals surface area (Å²) in [4.78, 5) is 21.8. The maximum Gasteiger partial charge on any atom is 0.319 e. The van der Waals surface area contributed by atoms with Crippen LogP contribution in [0.5, 0.6) is 0 Å². The third-order valence-corrected chi connectivity index (χ3v) is 3.23. The summed E-state index contributed by atoms with van der Waals surface area (Å²) in [6, 6.07) is 5.20. The Morgan fingerprint density at radius 2 is 2.11 bits per heavy atom. The number of urea groups is 1. The van der Waals surface area contributed by atoms with Crippen LogP contribution < -0.4 is 10.6 Å². The van der Waals surface area contributed by atoms with Crippen molar-refractivity contribution in [3.05, 3.63) is 28.2 Å². The van der Waals surface area contributed by atoms with E-state index in [1.54, 1.807) is 6.07 Å². The number of aliphatic carboxylic acids is 1. The number of rotatable bonds is 5. The van der Waals surface area contributed by atoms with Gasteiger partial charge >= 0.3 is 12.0 Å². The largest absolute Gasteiger partial charge is 0.481 e. The Bertz CT molecular complexity index is 449. The van der Waals surface area contributed by atoms with Crippen molar-refractivity contribution in [3.8, 4) is 0 Å². The van der Waals surface area contributed by atoms with Gasteiger partial charge < -0.3 is 15.7 Å². The fourth-order valence-electron chi connectivity index (χ4n) is 1.35. The molecule has 0 spiro atoms. The monoisotopic (exact) mass is 314 g/mol. The van der Waals surface area contributed by atoms with Gasteiger partial charge in [0, 0.05) is 23.1 Å². The second kappa shape index (κ2) is 7.00. The standard InChI is InChI=1S/C12H15BrN2O3/c1-8-9(13)4-2-5-10(8)15-12(18)14-7-3-6-11(16)17/h2,4-5H,3,6-7H2,1H3,(H,16,17)(H2,14,15,18). The molecule has 5 nitrogen and oxygen atoms in total. The Kier molecular flexibility index (Phi) is 5.64. The summed E-state index contributed by atoms with van der Waals surface area (Å²) in [7, 11) is 0. The molecule has 3 N–H and O–H groups in total. The molecule has 0 aliphatic carbocycles. The van der Waals surface area contributed by atoms with Crippen LogP contribution in [0, 0.1) is 6.92 Å². The molecule has 0 aromatic heterocycles. The van der Waals surface area contributed by atoms with Gasteiger partial charge in [0.1, 0.15) is 0 Å². The number of hydrogen-bond donors (Lipinski definition) is 3. The van der Waals surface area contributed by atoms with Gasteiger partial charge in [-0.3, -0.25) is 4.79 Å². The number of carboxylic acid groups (broad SMARTS) is 1. The van der Waals surface area contributed by atoms with E-state index in [1.807, 2.05) is 19.1 Å². The summed E-state index contributed by atoms with van der Waals surface area (Å²) in [5.74, 6) is -0.861. The fourth-order valence-corrected chi connectivity index (χ4v) is 1.72. The zero-order valence-corrected chi connectivity index (χ0v) is 11.6. The van der Waals surface area contributed by atoms with Gasteiger partial charge in [-0.05, 0) is 31.0 Å². The molecule has 0 heterocycles. The fraction of sp³-hybridized carbons (Fsp3) is 0.333. The van der Waals surface area contributed by atoms with E-state index in [4.69, 9.17) is 5.11 Å². The van der Waals surface area contributed by atoms with Crippen molar-refractivity contribution in [1.82, 2.24) is 5.32 Å². The average molecular weight is 315 g/mol. The minimum Gasteiger partial charge on any atom is -0.481 e. The van der Waals surface area contributed by atoms with Gasteiger partial charge in [-0.15, -0.1) is 0 Å². The van der Waals surface area contributed by atoms with Crippen molar-refractivity contribution < 1.29 is 14.7 Å². The van der Waals surface area contributed by atoms with Crippen molar-refractivity contribution in [2.45, 2.75) is 19.8 Å². The van der Waals surface area contributed by atoms with Crippen LogP contribution in [0.15, 0.2) is 22.7 Å². The van der Waals surface area contributed by atoms with Gasteiger partial charge in [-0.25, -0.2) is 4.79 Å². The highest BCUT2D eigenvalue weighted by Gasteiger charge is 2.05. The number of carboxylic acids is 1. The molecule has 2 amide bonds. The number of benzene rings is 1. The molecular weight excluding hydrogens is 300 g/mol. The minimum atomic E-state index is -0.861. The number of carbonyl (C=O) groups excluding carboxylic acids is 1. The summed E-state index contributed by atoms with van der Waals surface area (Å²) in [5.41, 5.74) is 1.67. The lowest BCUT2D eigenvalue weighted by atomic mass is 10.2. The Hall–Kier alpha value is -1.56. The molecule has 98 valence electrons. The minimum absolute atomic E-state index is 0.0518. The van der Waals surface area contributed by atoms with Gasteiger partial charge in [0.2, 0.25) is 0 Å². The van der Waals surface area contributed by atoms with Crippen LogP contribution in [0.2, 0.25) is 0 Å². The molecule has 0 bridgehead atoms. The quantitative estimate of drug-likeness (QED) is 0.731. The zero-order valence-electron chi connectivity index (χ0n) is 10.00. The number of halogens is 1. The van der Waals surface area contributed by atoms with Crippen molar-refractivity contribution in [1.29, 1.82) is 0 Å². The zero-order chi connectivity index (χ0) is 13.5. The van der Waals surface area contributed by atoms with Gasteiger partial charge in [0.15, 0.2) is 0 Å². The predicted molar refractivity (Wildman–Crippen MR) is 72.8 cm³/mol. The van der Waals surface area contributed by atoms with Crippen LogP contribution in [0.4, 0.5) is 10.5 Å². The number of hydrogen-bond acceptors (Lipinski definition) is 2. The number of nitrogens with one attached hydrogen (secondary N) is 2. The maximum absolute atomic E-state index is 11.5. The maximum atomic E-state index is 11.5. The summed E-state index contributed by atoms with van der Waals surface area (Å²) < 4.78 is 0.922. The number of carbonyl (C=O) groups is 2. The van der Waals surface area contributed by atoms with Crippen LogP contribution in [0.3, 0.4) is 0 Å². The molecule has 18 heavy (non-hydrogen) atoms. The van der Waals surface area contributed by atoms with E-state index in [-0.39, 0.29) is 12.5 Å². The molecule has 1 aromatic carbocycles. The van der Waals surface area contributed by atoms with Crippen LogP contribution >= 0.6 is 15.9 Å². The van der Waals surface area contributed by atoms with Crippen LogP contribution in [-0.2, 0) is 4.79 Å². The smallest absolute Gasteiger partial charge is 0.319 e. The highest BCUT2D eigenvalue weighted by Crippen LogP contribution is 2.23. The van der Waals surface area contributed by atoms with Crippen LogP contribution in [-0.4, -0.2) is 23.7 Å². The van der Waals surface area contributed by atoms with Crippen LogP contribution in [0.25, 0.3) is 0 Å². The number of anilines is 1. The first-order chi connectivity index (χ1) is 8.50. The normalized spacial score (nSPS) is 9.89. The van der Waals surface area contributed by atoms with Gasteiger partial charge in [0.05, 0.1) is 0 Å². The molecule has 0 unspecified atom stereocenters. The molecule has 0 saturated heterocycles. The Morgan fingerprint density at radius 1 is 1.39 bits per heavy atom. The van der Waals surface area contributed by atoms with E-state index in [9.17, 15) is 9.59 Å². The van der Waals surface area contributed by atoms with Crippen molar-refractivity contribution in [2.24, 2.45) is 0 Å². The lowest BCUT2D eigenvalue weighted by molar-refractivity contribution is -0.137. The Labute approximate surface area is 114 Å². The van der Waals surface area contributed by atoms with E-state index in [2.05, 4.69) is 26.6 Å². The Balaban J connectivity index is 2.40. The average Bonchev–Trinajstić information content (AvgIpc) is 2.30. The first-order valence-corrected chi connectivity index (χ1v) is 6.31. The molecule has 0 aliphatic heterocycles. The SMILES string of the molecule is Cc1c(Br)cccc1NC(=O)NCCCC(=O)O. The summed E-state index contributed by atoms with van der Waals surface area (Å²) in [5, 5.41) is 13.8. The highest BCUT2D eigenvalue weighted by atomic mass is 79.9. The predicted octanol–water partition coefficient (Wildman–Crippen LogP) is 2.74. The van der Waals surface area contributed by atoms with Crippen molar-refractivity contribution in [3.63, 3.8) is 0 Å². The highest BCUT2D eigenvalue weighted by molar-refractivity contribution is 9.10. The first-order valence-electron chi connectivity index (χ1n) is 5.52. The molecule has 1 rings (SSSR count). The molecule has 0 fully saturated rings.